The van der Waals surface area contributed by atoms with Gasteiger partial charge in [-0.05, 0) is 28.7 Å². The van der Waals surface area contributed by atoms with Crippen molar-refractivity contribution in [2.75, 3.05) is 11.5 Å². The number of benzene rings is 1. The molecule has 0 spiro atoms. The van der Waals surface area contributed by atoms with Gasteiger partial charge in [-0.3, -0.25) is 4.98 Å². The molecule has 0 aliphatic heterocycles. The highest BCUT2D eigenvalue weighted by atomic mass is 32.2. The number of hydrogen-bond donors (Lipinski definition) is 1. The van der Waals surface area contributed by atoms with Crippen LogP contribution in [0.2, 0.25) is 0 Å². The smallest absolute Gasteiger partial charge is 0.0886 e. The Hall–Kier alpha value is -1.06. The van der Waals surface area contributed by atoms with Gasteiger partial charge in [-0.1, -0.05) is 32.0 Å². The zero-order valence-corrected chi connectivity index (χ0v) is 11.7. The Labute approximate surface area is 112 Å². The van der Waals surface area contributed by atoms with Gasteiger partial charge in [0, 0.05) is 23.5 Å². The number of aliphatic hydroxyl groups excluding tert-OH is 1. The minimum absolute atomic E-state index is 0.415. The second kappa shape index (κ2) is 6.21. The molecule has 0 amide bonds. The summed E-state index contributed by atoms with van der Waals surface area (Å²) in [5, 5.41) is 12.5. The molecule has 0 saturated carbocycles. The van der Waals surface area contributed by atoms with Crippen molar-refractivity contribution in [2.24, 2.45) is 5.92 Å². The Morgan fingerprint density at radius 1 is 1.22 bits per heavy atom. The van der Waals surface area contributed by atoms with Crippen molar-refractivity contribution in [1.82, 2.24) is 4.98 Å². The summed E-state index contributed by atoms with van der Waals surface area (Å²) in [6.45, 7) is 4.39. The predicted octanol–water partition coefficient (Wildman–Crippen LogP) is 3.66. The number of nitrogens with zero attached hydrogens (tertiary/aromatic N) is 1. The maximum atomic E-state index is 10.3. The largest absolute Gasteiger partial charge is 0.388 e. The molecule has 0 fully saturated rings. The van der Waals surface area contributed by atoms with E-state index >= 15 is 0 Å². The minimum atomic E-state index is -0.415. The van der Waals surface area contributed by atoms with E-state index in [0.717, 1.165) is 27.8 Å². The number of aromatic nitrogens is 1. The van der Waals surface area contributed by atoms with Crippen molar-refractivity contribution < 1.29 is 5.11 Å². The molecule has 96 valence electrons. The Kier molecular flexibility index (Phi) is 4.61. The third-order valence-corrected chi connectivity index (χ3v) is 4.26. The van der Waals surface area contributed by atoms with E-state index in [9.17, 15) is 5.11 Å². The number of thioether (sulfide) groups is 1. The van der Waals surface area contributed by atoms with Crippen LogP contribution in [0.15, 0.2) is 36.7 Å². The fraction of sp³-hybridized carbons (Fsp3) is 0.400. The molecular weight excluding hydrogens is 242 g/mol. The molecule has 2 rings (SSSR count). The summed E-state index contributed by atoms with van der Waals surface area (Å²) in [5.41, 5.74) is 0.983. The van der Waals surface area contributed by atoms with Crippen LogP contribution >= 0.6 is 11.8 Å². The van der Waals surface area contributed by atoms with Crippen molar-refractivity contribution in [3.05, 3.63) is 42.2 Å². The van der Waals surface area contributed by atoms with Crippen LogP contribution in [0.5, 0.6) is 0 Å². The Morgan fingerprint density at radius 3 is 2.83 bits per heavy atom. The fourth-order valence-corrected chi connectivity index (χ4v) is 2.94. The summed E-state index contributed by atoms with van der Waals surface area (Å²) < 4.78 is 0. The number of fused-ring (bicyclic) bond motifs is 1. The molecule has 1 unspecified atom stereocenters. The summed E-state index contributed by atoms with van der Waals surface area (Å²) in [7, 11) is 0. The van der Waals surface area contributed by atoms with Crippen molar-refractivity contribution in [2.45, 2.75) is 20.0 Å². The van der Waals surface area contributed by atoms with Crippen molar-refractivity contribution >= 4 is 22.5 Å². The van der Waals surface area contributed by atoms with E-state index in [0.29, 0.717) is 5.92 Å². The molecule has 0 aliphatic rings. The first-order valence-electron chi connectivity index (χ1n) is 6.27. The highest BCUT2D eigenvalue weighted by Crippen LogP contribution is 2.26. The SMILES string of the molecule is CC(C)CSCC(O)c1cccc2ccncc12. The lowest BCUT2D eigenvalue weighted by molar-refractivity contribution is 0.205. The highest BCUT2D eigenvalue weighted by Gasteiger charge is 2.11. The van der Waals surface area contributed by atoms with Crippen LogP contribution in [-0.4, -0.2) is 21.6 Å². The standard InChI is InChI=1S/C15H19NOS/c1-11(2)9-18-10-15(17)13-5-3-4-12-6-7-16-8-14(12)13/h3-8,11,15,17H,9-10H2,1-2H3. The molecule has 2 aromatic rings. The molecule has 0 radical (unpaired) electrons. The minimum Gasteiger partial charge on any atom is -0.388 e. The third-order valence-electron chi connectivity index (χ3n) is 2.80. The average molecular weight is 261 g/mol. The predicted molar refractivity (Wildman–Crippen MR) is 78.9 cm³/mol. The summed E-state index contributed by atoms with van der Waals surface area (Å²) in [6, 6.07) is 8.01. The van der Waals surface area contributed by atoms with Gasteiger partial charge in [0.25, 0.3) is 0 Å². The van der Waals surface area contributed by atoms with Gasteiger partial charge in [-0.25, -0.2) is 0 Å². The molecule has 1 N–H and O–H groups in total. The van der Waals surface area contributed by atoms with E-state index < -0.39 is 6.10 Å². The van der Waals surface area contributed by atoms with Crippen LogP contribution in [0.1, 0.15) is 25.5 Å². The summed E-state index contributed by atoms with van der Waals surface area (Å²) in [6.07, 6.45) is 3.20. The van der Waals surface area contributed by atoms with Gasteiger partial charge in [0.2, 0.25) is 0 Å². The number of rotatable bonds is 5. The van der Waals surface area contributed by atoms with Gasteiger partial charge in [0.1, 0.15) is 0 Å². The molecule has 0 bridgehead atoms. The summed E-state index contributed by atoms with van der Waals surface area (Å²) in [5.74, 6) is 2.49. The average Bonchev–Trinajstić information content (AvgIpc) is 2.37. The zero-order valence-electron chi connectivity index (χ0n) is 10.8. The fourth-order valence-electron chi connectivity index (χ4n) is 1.93. The van der Waals surface area contributed by atoms with Crippen LogP contribution in [0, 0.1) is 5.92 Å². The molecule has 1 atom stereocenters. The molecule has 0 aliphatic carbocycles. The number of aliphatic hydroxyl groups is 1. The second-order valence-corrected chi connectivity index (χ2v) is 5.97. The quantitative estimate of drug-likeness (QED) is 0.891. The van der Waals surface area contributed by atoms with Gasteiger partial charge in [-0.2, -0.15) is 11.8 Å². The molecule has 2 nitrogen and oxygen atoms in total. The molecule has 1 aromatic heterocycles. The van der Waals surface area contributed by atoms with Crippen LogP contribution in [0.4, 0.5) is 0 Å². The van der Waals surface area contributed by atoms with Gasteiger partial charge in [0.15, 0.2) is 0 Å². The first-order chi connectivity index (χ1) is 8.68. The first kappa shape index (κ1) is 13.4. The van der Waals surface area contributed by atoms with Crippen molar-refractivity contribution in [3.8, 4) is 0 Å². The van der Waals surface area contributed by atoms with Crippen molar-refractivity contribution in [3.63, 3.8) is 0 Å². The van der Waals surface area contributed by atoms with E-state index in [1.54, 1.807) is 18.0 Å². The van der Waals surface area contributed by atoms with Crippen LogP contribution in [0.3, 0.4) is 0 Å². The van der Waals surface area contributed by atoms with E-state index in [4.69, 9.17) is 0 Å². The maximum absolute atomic E-state index is 10.3. The van der Waals surface area contributed by atoms with Gasteiger partial charge in [-0.15, -0.1) is 0 Å². The Bertz CT molecular complexity index is 507. The number of pyridine rings is 1. The first-order valence-corrected chi connectivity index (χ1v) is 7.42. The zero-order chi connectivity index (χ0) is 13.0. The summed E-state index contributed by atoms with van der Waals surface area (Å²) >= 11 is 1.80. The van der Waals surface area contributed by atoms with Gasteiger partial charge in [0.05, 0.1) is 6.10 Å². The van der Waals surface area contributed by atoms with Crippen LogP contribution < -0.4 is 0 Å². The third kappa shape index (κ3) is 3.24. The molecule has 0 saturated heterocycles. The Balaban J connectivity index is 2.15. The molecule has 1 aromatic carbocycles. The van der Waals surface area contributed by atoms with Crippen LogP contribution in [0.25, 0.3) is 10.8 Å². The molecule has 18 heavy (non-hydrogen) atoms. The lowest BCUT2D eigenvalue weighted by Crippen LogP contribution is -2.03. The summed E-state index contributed by atoms with van der Waals surface area (Å²) in [4.78, 5) is 4.15. The lowest BCUT2D eigenvalue weighted by Gasteiger charge is -2.14. The van der Waals surface area contributed by atoms with Gasteiger partial charge >= 0.3 is 0 Å². The topological polar surface area (TPSA) is 33.1 Å². The van der Waals surface area contributed by atoms with Gasteiger partial charge < -0.3 is 5.11 Å². The van der Waals surface area contributed by atoms with Crippen LogP contribution in [-0.2, 0) is 0 Å². The molecule has 1 heterocycles. The highest BCUT2D eigenvalue weighted by molar-refractivity contribution is 7.99. The molecule has 3 heteroatoms. The normalized spacial score (nSPS) is 13.1. The Morgan fingerprint density at radius 2 is 2.06 bits per heavy atom. The van der Waals surface area contributed by atoms with E-state index in [2.05, 4.69) is 24.9 Å². The maximum Gasteiger partial charge on any atom is 0.0886 e. The van der Waals surface area contributed by atoms with E-state index in [1.165, 1.54) is 0 Å². The molecular formula is C15H19NOS. The van der Waals surface area contributed by atoms with E-state index in [-0.39, 0.29) is 0 Å². The monoisotopic (exact) mass is 261 g/mol. The second-order valence-electron chi connectivity index (χ2n) is 4.89. The lowest BCUT2D eigenvalue weighted by atomic mass is 10.0. The number of hydrogen-bond acceptors (Lipinski definition) is 3. The van der Waals surface area contributed by atoms with E-state index in [1.807, 2.05) is 24.4 Å². The van der Waals surface area contributed by atoms with Crippen molar-refractivity contribution in [1.29, 1.82) is 0 Å².